The Morgan fingerprint density at radius 1 is 1.11 bits per heavy atom. The third-order valence-corrected chi connectivity index (χ3v) is 9.41. The van der Waals surface area contributed by atoms with Crippen LogP contribution in [-0.4, -0.2) is 0 Å². The zero-order valence-electron chi connectivity index (χ0n) is 11.2. The summed E-state index contributed by atoms with van der Waals surface area (Å²) in [7, 11) is 0. The molecule has 4 fully saturated rings. The zero-order valence-corrected chi connectivity index (χ0v) is 15.2. The van der Waals surface area contributed by atoms with Gasteiger partial charge in [0.05, 0.1) is 8.61 Å². The third-order valence-electron chi connectivity index (χ3n) is 5.79. The Bertz CT molecular complexity index is 445. The van der Waals surface area contributed by atoms with Gasteiger partial charge >= 0.3 is 0 Å². The molecule has 3 heteroatoms. The minimum absolute atomic E-state index is 0.595. The molecule has 104 valence electrons. The van der Waals surface area contributed by atoms with Crippen LogP contribution in [-0.2, 0) is 0 Å². The Morgan fingerprint density at radius 2 is 1.68 bits per heavy atom. The number of alkyl halides is 1. The fourth-order valence-electron chi connectivity index (χ4n) is 5.25. The summed E-state index contributed by atoms with van der Waals surface area (Å²) in [6.45, 7) is 2.21. The van der Waals surface area contributed by atoms with Gasteiger partial charge in [0.1, 0.15) is 0 Å². The number of hydrogen-bond donors (Lipinski definition) is 0. The van der Waals surface area contributed by atoms with Crippen LogP contribution in [0.5, 0.6) is 0 Å². The number of rotatable bonds is 2. The smallest absolute Gasteiger partial charge is 0.0730 e. The van der Waals surface area contributed by atoms with Crippen molar-refractivity contribution in [2.75, 3.05) is 0 Å². The van der Waals surface area contributed by atoms with E-state index in [2.05, 4.69) is 44.8 Å². The molecule has 1 unspecified atom stereocenters. The molecule has 0 aromatic carbocycles. The summed E-state index contributed by atoms with van der Waals surface area (Å²) < 4.78 is 1.32. The number of aryl methyl sites for hydroxylation is 1. The van der Waals surface area contributed by atoms with Crippen molar-refractivity contribution in [2.24, 2.45) is 29.6 Å². The van der Waals surface area contributed by atoms with Crippen LogP contribution in [0.25, 0.3) is 0 Å². The molecule has 0 spiro atoms. The lowest BCUT2D eigenvalue weighted by Gasteiger charge is -2.55. The van der Waals surface area contributed by atoms with E-state index in [1.54, 1.807) is 11.3 Å². The SMILES string of the molecule is Cc1cc(C(Br)C2C3CC4CC(C3)CC2C4)sc1Br. The molecule has 1 aromatic heterocycles. The van der Waals surface area contributed by atoms with Gasteiger partial charge in [0.25, 0.3) is 0 Å². The Morgan fingerprint density at radius 3 is 2.16 bits per heavy atom. The van der Waals surface area contributed by atoms with Gasteiger partial charge in [-0.05, 0) is 96.2 Å². The molecular weight excluding hydrogens is 384 g/mol. The Labute approximate surface area is 136 Å². The highest BCUT2D eigenvalue weighted by atomic mass is 79.9. The Kier molecular flexibility index (Phi) is 3.40. The maximum absolute atomic E-state index is 4.07. The molecule has 1 heterocycles. The standard InChI is InChI=1S/C16H20Br2S/c1-8-2-13(19-16(8)18)15(17)14-11-4-9-3-10(6-11)7-12(14)5-9/h2,9-12,14-15H,3-7H2,1H3. The van der Waals surface area contributed by atoms with Crippen molar-refractivity contribution in [2.45, 2.75) is 43.9 Å². The van der Waals surface area contributed by atoms with E-state index in [4.69, 9.17) is 0 Å². The van der Waals surface area contributed by atoms with E-state index < -0.39 is 0 Å². The van der Waals surface area contributed by atoms with Gasteiger partial charge in [-0.15, -0.1) is 11.3 Å². The summed E-state index contributed by atoms with van der Waals surface area (Å²) in [4.78, 5) is 2.14. The molecule has 1 atom stereocenters. The van der Waals surface area contributed by atoms with Gasteiger partial charge in [0.2, 0.25) is 0 Å². The van der Waals surface area contributed by atoms with Crippen molar-refractivity contribution < 1.29 is 0 Å². The summed E-state index contributed by atoms with van der Waals surface area (Å²) in [6, 6.07) is 2.39. The average Bonchev–Trinajstić information content (AvgIpc) is 2.68. The summed E-state index contributed by atoms with van der Waals surface area (Å²) in [5.41, 5.74) is 1.40. The molecule has 0 saturated heterocycles. The molecule has 4 saturated carbocycles. The van der Waals surface area contributed by atoms with Gasteiger partial charge in [-0.3, -0.25) is 0 Å². The van der Waals surface area contributed by atoms with E-state index in [-0.39, 0.29) is 0 Å². The molecule has 0 N–H and O–H groups in total. The lowest BCUT2D eigenvalue weighted by molar-refractivity contribution is -0.0361. The second-order valence-electron chi connectivity index (χ2n) is 7.02. The lowest BCUT2D eigenvalue weighted by atomic mass is 9.51. The minimum atomic E-state index is 0.595. The van der Waals surface area contributed by atoms with Gasteiger partial charge in [0.15, 0.2) is 0 Å². The molecule has 0 radical (unpaired) electrons. The fourth-order valence-corrected chi connectivity index (χ4v) is 8.14. The van der Waals surface area contributed by atoms with Crippen molar-refractivity contribution >= 4 is 43.2 Å². The van der Waals surface area contributed by atoms with Crippen molar-refractivity contribution in [3.63, 3.8) is 0 Å². The highest BCUT2D eigenvalue weighted by Gasteiger charge is 2.50. The van der Waals surface area contributed by atoms with Crippen LogP contribution < -0.4 is 0 Å². The molecule has 0 nitrogen and oxygen atoms in total. The molecule has 0 amide bonds. The van der Waals surface area contributed by atoms with Crippen molar-refractivity contribution in [3.05, 3.63) is 20.3 Å². The second kappa shape index (κ2) is 4.84. The highest BCUT2D eigenvalue weighted by molar-refractivity contribution is 9.11. The first-order valence-corrected chi connectivity index (χ1v) is 10.0. The van der Waals surface area contributed by atoms with E-state index >= 15 is 0 Å². The third kappa shape index (κ3) is 2.19. The number of halogens is 2. The van der Waals surface area contributed by atoms with Crippen molar-refractivity contribution in [3.8, 4) is 0 Å². The molecule has 0 aliphatic heterocycles. The van der Waals surface area contributed by atoms with E-state index in [9.17, 15) is 0 Å². The first kappa shape index (κ1) is 13.3. The van der Waals surface area contributed by atoms with Gasteiger partial charge in [-0.25, -0.2) is 0 Å². The molecule has 19 heavy (non-hydrogen) atoms. The lowest BCUT2D eigenvalue weighted by Crippen LogP contribution is -2.46. The van der Waals surface area contributed by atoms with Crippen LogP contribution in [0, 0.1) is 36.5 Å². The predicted molar refractivity (Wildman–Crippen MR) is 89.0 cm³/mol. The quantitative estimate of drug-likeness (QED) is 0.506. The summed E-state index contributed by atoms with van der Waals surface area (Å²) in [5.74, 6) is 5.06. The zero-order chi connectivity index (χ0) is 13.1. The molecule has 4 bridgehead atoms. The van der Waals surface area contributed by atoms with Crippen molar-refractivity contribution in [1.82, 2.24) is 0 Å². The van der Waals surface area contributed by atoms with Gasteiger partial charge in [-0.2, -0.15) is 0 Å². The first-order valence-electron chi connectivity index (χ1n) is 7.51. The second-order valence-corrected chi connectivity index (χ2v) is 10.4. The van der Waals surface area contributed by atoms with E-state index in [0.717, 1.165) is 29.6 Å². The number of thiophene rings is 1. The maximum Gasteiger partial charge on any atom is 0.0730 e. The van der Waals surface area contributed by atoms with Gasteiger partial charge in [-0.1, -0.05) is 15.9 Å². The summed E-state index contributed by atoms with van der Waals surface area (Å²) in [5, 5.41) is 0. The van der Waals surface area contributed by atoms with Crippen LogP contribution in [0.1, 0.15) is 47.4 Å². The van der Waals surface area contributed by atoms with Gasteiger partial charge in [0, 0.05) is 4.88 Å². The van der Waals surface area contributed by atoms with Crippen LogP contribution in [0.15, 0.2) is 9.85 Å². The van der Waals surface area contributed by atoms with Crippen molar-refractivity contribution in [1.29, 1.82) is 0 Å². The summed E-state index contributed by atoms with van der Waals surface area (Å²) >= 11 is 9.70. The highest BCUT2D eigenvalue weighted by Crippen LogP contribution is 2.61. The fraction of sp³-hybridized carbons (Fsp3) is 0.750. The van der Waals surface area contributed by atoms with Crippen LogP contribution in [0.3, 0.4) is 0 Å². The molecule has 4 aliphatic carbocycles. The molecule has 4 aliphatic rings. The Balaban J connectivity index is 1.61. The monoisotopic (exact) mass is 402 g/mol. The summed E-state index contributed by atoms with van der Waals surface area (Å²) in [6.07, 6.45) is 7.63. The minimum Gasteiger partial charge on any atom is -0.132 e. The molecular formula is C16H20Br2S. The van der Waals surface area contributed by atoms with E-state index in [1.807, 2.05) is 11.3 Å². The first-order chi connectivity index (χ1) is 9.11. The topological polar surface area (TPSA) is 0 Å². The van der Waals surface area contributed by atoms with E-state index in [1.165, 1.54) is 35.0 Å². The largest absolute Gasteiger partial charge is 0.132 e. The predicted octanol–water partition coefficient (Wildman–Crippen LogP) is 6.33. The van der Waals surface area contributed by atoms with Crippen LogP contribution >= 0.6 is 43.2 Å². The van der Waals surface area contributed by atoms with E-state index in [0.29, 0.717) is 4.83 Å². The number of hydrogen-bond acceptors (Lipinski definition) is 1. The van der Waals surface area contributed by atoms with Gasteiger partial charge < -0.3 is 0 Å². The van der Waals surface area contributed by atoms with Crippen LogP contribution in [0.4, 0.5) is 0 Å². The van der Waals surface area contributed by atoms with Crippen LogP contribution in [0.2, 0.25) is 0 Å². The average molecular weight is 404 g/mol. The molecule has 5 rings (SSSR count). The Hall–Kier alpha value is 0.660. The normalized spacial score (nSPS) is 41.7. The molecule has 1 aromatic rings. The maximum atomic E-state index is 4.07.